The SMILES string of the molecule is Cc1cc(F)ccc1-c1cc(Cl)ncc1N(C)C(=O)C(C)(C)c1cc(F)cc(C(F)(F)F)c1. The molecule has 0 aliphatic heterocycles. The second-order valence-electron chi connectivity index (χ2n) is 8.20. The van der Waals surface area contributed by atoms with E-state index in [0.29, 0.717) is 28.4 Å². The Morgan fingerprint density at radius 1 is 0.939 bits per heavy atom. The smallest absolute Gasteiger partial charge is 0.313 e. The van der Waals surface area contributed by atoms with Crippen LogP contribution < -0.4 is 4.90 Å². The van der Waals surface area contributed by atoms with Gasteiger partial charge in [0.1, 0.15) is 16.8 Å². The highest BCUT2D eigenvalue weighted by Gasteiger charge is 2.38. The van der Waals surface area contributed by atoms with E-state index in [1.54, 1.807) is 6.92 Å². The Labute approximate surface area is 192 Å². The van der Waals surface area contributed by atoms with Crippen LogP contribution in [-0.2, 0) is 16.4 Å². The van der Waals surface area contributed by atoms with E-state index in [2.05, 4.69) is 4.98 Å². The Morgan fingerprint density at radius 2 is 1.58 bits per heavy atom. The first kappa shape index (κ1) is 24.6. The zero-order valence-electron chi connectivity index (χ0n) is 18.2. The van der Waals surface area contributed by atoms with Gasteiger partial charge in [0.25, 0.3) is 0 Å². The predicted octanol–water partition coefficient (Wildman–Crippen LogP) is 6.95. The lowest BCUT2D eigenvalue weighted by atomic mass is 9.82. The highest BCUT2D eigenvalue weighted by Crippen LogP contribution is 2.38. The fraction of sp³-hybridized carbons (Fsp3) is 0.250. The summed E-state index contributed by atoms with van der Waals surface area (Å²) in [5.41, 5.74) is -0.873. The third kappa shape index (κ3) is 5.00. The number of alkyl halides is 3. The van der Waals surface area contributed by atoms with E-state index in [-0.39, 0.29) is 10.7 Å². The molecule has 3 rings (SSSR count). The minimum Gasteiger partial charge on any atom is -0.313 e. The number of pyridine rings is 1. The summed E-state index contributed by atoms with van der Waals surface area (Å²) in [6.45, 7) is 4.51. The quantitative estimate of drug-likeness (QED) is 0.298. The van der Waals surface area contributed by atoms with Gasteiger partial charge in [-0.3, -0.25) is 4.79 Å². The largest absolute Gasteiger partial charge is 0.416 e. The Bertz CT molecular complexity index is 1220. The minimum absolute atomic E-state index is 0.131. The van der Waals surface area contributed by atoms with Gasteiger partial charge in [0.05, 0.1) is 22.9 Å². The molecule has 0 saturated heterocycles. The van der Waals surface area contributed by atoms with E-state index >= 15 is 0 Å². The Balaban J connectivity index is 2.09. The molecule has 9 heteroatoms. The molecule has 0 atom stereocenters. The number of hydrogen-bond acceptors (Lipinski definition) is 2. The first-order chi connectivity index (χ1) is 15.2. The van der Waals surface area contributed by atoms with Crippen LogP contribution in [0.4, 0.5) is 27.6 Å². The molecule has 1 heterocycles. The highest BCUT2D eigenvalue weighted by atomic mass is 35.5. The number of halogens is 6. The van der Waals surface area contributed by atoms with E-state index in [1.807, 2.05) is 0 Å². The number of rotatable bonds is 4. The number of anilines is 1. The van der Waals surface area contributed by atoms with Gasteiger partial charge in [-0.05, 0) is 73.9 Å². The Hall–Kier alpha value is -3.00. The maximum Gasteiger partial charge on any atom is 0.416 e. The number of amides is 1. The van der Waals surface area contributed by atoms with Crippen LogP contribution in [0.15, 0.2) is 48.7 Å². The predicted molar refractivity (Wildman–Crippen MR) is 117 cm³/mol. The topological polar surface area (TPSA) is 33.2 Å². The summed E-state index contributed by atoms with van der Waals surface area (Å²) in [5.74, 6) is -2.14. The van der Waals surface area contributed by atoms with Gasteiger partial charge in [0, 0.05) is 12.6 Å². The van der Waals surface area contributed by atoms with Crippen LogP contribution in [0.3, 0.4) is 0 Å². The summed E-state index contributed by atoms with van der Waals surface area (Å²) < 4.78 is 67.2. The number of benzene rings is 2. The summed E-state index contributed by atoms with van der Waals surface area (Å²) in [5, 5.41) is 0.137. The van der Waals surface area contributed by atoms with Crippen molar-refractivity contribution in [2.75, 3.05) is 11.9 Å². The molecular formula is C24H20ClF5N2O. The molecule has 0 spiro atoms. The molecule has 3 nitrogen and oxygen atoms in total. The van der Waals surface area contributed by atoms with Gasteiger partial charge in [0.2, 0.25) is 5.91 Å². The summed E-state index contributed by atoms with van der Waals surface area (Å²) in [7, 11) is 1.43. The summed E-state index contributed by atoms with van der Waals surface area (Å²) in [4.78, 5) is 18.7. The van der Waals surface area contributed by atoms with Crippen molar-refractivity contribution >= 4 is 23.2 Å². The van der Waals surface area contributed by atoms with Gasteiger partial charge in [0.15, 0.2) is 0 Å². The normalized spacial score (nSPS) is 12.1. The van der Waals surface area contributed by atoms with E-state index in [0.717, 1.165) is 12.1 Å². The van der Waals surface area contributed by atoms with Gasteiger partial charge >= 0.3 is 6.18 Å². The first-order valence-corrected chi connectivity index (χ1v) is 10.2. The lowest BCUT2D eigenvalue weighted by Crippen LogP contribution is -2.42. The maximum atomic E-state index is 14.0. The average Bonchev–Trinajstić information content (AvgIpc) is 2.71. The zero-order chi connectivity index (χ0) is 24.7. The minimum atomic E-state index is -4.77. The van der Waals surface area contributed by atoms with Gasteiger partial charge in [-0.2, -0.15) is 13.2 Å². The lowest BCUT2D eigenvalue weighted by Gasteiger charge is -2.31. The molecule has 0 fully saturated rings. The van der Waals surface area contributed by atoms with Crippen LogP contribution in [0.1, 0.15) is 30.5 Å². The van der Waals surface area contributed by atoms with Crippen molar-refractivity contribution in [1.29, 1.82) is 0 Å². The molecule has 1 aromatic heterocycles. The highest BCUT2D eigenvalue weighted by molar-refractivity contribution is 6.29. The molecule has 0 N–H and O–H groups in total. The molecule has 0 aliphatic rings. The Morgan fingerprint density at radius 3 is 2.18 bits per heavy atom. The molecule has 0 saturated carbocycles. The lowest BCUT2D eigenvalue weighted by molar-refractivity contribution is -0.138. The fourth-order valence-electron chi connectivity index (χ4n) is 3.60. The molecule has 33 heavy (non-hydrogen) atoms. The summed E-state index contributed by atoms with van der Waals surface area (Å²) in [6, 6.07) is 7.68. The second kappa shape index (κ2) is 8.74. The van der Waals surface area contributed by atoms with Gasteiger partial charge < -0.3 is 4.90 Å². The molecular weight excluding hydrogens is 463 g/mol. The molecule has 3 aromatic rings. The molecule has 0 unspecified atom stereocenters. The third-order valence-corrected chi connectivity index (χ3v) is 5.68. The van der Waals surface area contributed by atoms with Crippen molar-refractivity contribution in [3.8, 4) is 11.1 Å². The van der Waals surface area contributed by atoms with Gasteiger partial charge in [-0.25, -0.2) is 13.8 Å². The first-order valence-electron chi connectivity index (χ1n) is 9.80. The van der Waals surface area contributed by atoms with Gasteiger partial charge in [-0.15, -0.1) is 0 Å². The fourth-order valence-corrected chi connectivity index (χ4v) is 3.76. The van der Waals surface area contributed by atoms with Crippen LogP contribution in [0.2, 0.25) is 5.15 Å². The third-order valence-electron chi connectivity index (χ3n) is 5.48. The van der Waals surface area contributed by atoms with E-state index in [4.69, 9.17) is 11.6 Å². The number of likely N-dealkylation sites (N-methyl/N-ethyl adjacent to an activating group) is 1. The number of aromatic nitrogens is 1. The molecule has 174 valence electrons. The van der Waals surface area contributed by atoms with Crippen molar-refractivity contribution in [3.05, 3.63) is 82.1 Å². The zero-order valence-corrected chi connectivity index (χ0v) is 18.9. The van der Waals surface area contributed by atoms with E-state index in [1.165, 1.54) is 56.3 Å². The second-order valence-corrected chi connectivity index (χ2v) is 8.59. The molecule has 0 aliphatic carbocycles. The van der Waals surface area contributed by atoms with Crippen molar-refractivity contribution in [2.24, 2.45) is 0 Å². The molecule has 1 amide bonds. The molecule has 0 bridgehead atoms. The maximum absolute atomic E-state index is 14.0. The van der Waals surface area contributed by atoms with Crippen LogP contribution in [0, 0.1) is 18.6 Å². The number of aryl methyl sites for hydroxylation is 1. The number of nitrogens with zero attached hydrogens (tertiary/aromatic N) is 2. The van der Waals surface area contributed by atoms with Crippen molar-refractivity contribution in [1.82, 2.24) is 4.98 Å². The van der Waals surface area contributed by atoms with Crippen LogP contribution in [0.25, 0.3) is 11.1 Å². The van der Waals surface area contributed by atoms with Crippen LogP contribution in [0.5, 0.6) is 0 Å². The summed E-state index contributed by atoms with van der Waals surface area (Å²) >= 11 is 6.06. The molecule has 2 aromatic carbocycles. The van der Waals surface area contributed by atoms with Crippen molar-refractivity contribution in [2.45, 2.75) is 32.4 Å². The van der Waals surface area contributed by atoms with E-state index < -0.39 is 34.7 Å². The number of carbonyl (C=O) groups excluding carboxylic acids is 1. The number of carbonyl (C=O) groups is 1. The molecule has 0 radical (unpaired) electrons. The van der Waals surface area contributed by atoms with Crippen molar-refractivity contribution in [3.63, 3.8) is 0 Å². The van der Waals surface area contributed by atoms with E-state index in [9.17, 15) is 26.7 Å². The number of hydrogen-bond donors (Lipinski definition) is 0. The van der Waals surface area contributed by atoms with Crippen LogP contribution >= 0.6 is 11.6 Å². The summed E-state index contributed by atoms with van der Waals surface area (Å²) in [6.07, 6.45) is -3.42. The standard InChI is InChI=1S/C24H20ClF5N2O/c1-13-7-16(26)5-6-18(13)19-11-21(25)31-12-20(19)32(4)22(33)23(2,3)14-8-15(24(28,29)30)10-17(27)9-14/h5-12H,1-4H3. The van der Waals surface area contributed by atoms with Crippen molar-refractivity contribution < 1.29 is 26.7 Å². The van der Waals surface area contributed by atoms with Gasteiger partial charge in [-0.1, -0.05) is 17.7 Å². The van der Waals surface area contributed by atoms with Crippen LogP contribution in [-0.4, -0.2) is 17.9 Å². The average molecular weight is 483 g/mol. The Kier molecular flexibility index (Phi) is 6.53. The monoisotopic (exact) mass is 482 g/mol.